The summed E-state index contributed by atoms with van der Waals surface area (Å²) in [6.07, 6.45) is 1.98. The third-order valence-electron chi connectivity index (χ3n) is 4.84. The molecule has 9 nitrogen and oxygen atoms in total. The summed E-state index contributed by atoms with van der Waals surface area (Å²) in [6.45, 7) is 6.94. The zero-order valence-electron chi connectivity index (χ0n) is 19.4. The largest absolute Gasteiger partial charge is 0.494 e. The number of H-pyrrole nitrogens is 1. The van der Waals surface area contributed by atoms with Crippen LogP contribution >= 0.6 is 0 Å². The lowest BCUT2D eigenvalue weighted by molar-refractivity contribution is -0.141. The van der Waals surface area contributed by atoms with E-state index in [1.807, 2.05) is 0 Å². The van der Waals surface area contributed by atoms with Gasteiger partial charge in [-0.05, 0) is 57.0 Å². The Labute approximate surface area is 192 Å². The molecule has 2 aromatic rings. The number of rotatable bonds is 12. The van der Waals surface area contributed by atoms with Gasteiger partial charge in [0.05, 0.1) is 24.5 Å². The van der Waals surface area contributed by atoms with Gasteiger partial charge in [-0.25, -0.2) is 4.79 Å². The smallest absolute Gasteiger partial charge is 0.340 e. The van der Waals surface area contributed by atoms with Crippen LogP contribution in [-0.2, 0) is 14.3 Å². The molecular formula is C24H30N2O7. The maximum Gasteiger partial charge on any atom is 0.340 e. The van der Waals surface area contributed by atoms with Crippen LogP contribution in [0.3, 0.4) is 0 Å². The highest BCUT2D eigenvalue weighted by molar-refractivity contribution is 6.02. The quantitative estimate of drug-likeness (QED) is 0.284. The molecule has 2 N–H and O–H groups in total. The van der Waals surface area contributed by atoms with Crippen LogP contribution in [-0.4, -0.2) is 55.0 Å². The molecule has 9 heteroatoms. The Kier molecular flexibility index (Phi) is 9.65. The van der Waals surface area contributed by atoms with Gasteiger partial charge < -0.3 is 24.5 Å². The molecule has 0 aliphatic rings. The van der Waals surface area contributed by atoms with Gasteiger partial charge in [-0.15, -0.1) is 0 Å². The molecule has 0 spiro atoms. The first-order valence-corrected chi connectivity index (χ1v) is 10.8. The number of ether oxygens (including phenoxy) is 3. The minimum absolute atomic E-state index is 0.175. The number of benzene rings is 1. The molecule has 0 saturated carbocycles. The van der Waals surface area contributed by atoms with Gasteiger partial charge in [-0.2, -0.15) is 0 Å². The summed E-state index contributed by atoms with van der Waals surface area (Å²) in [5.74, 6) is -1.57. The molecule has 0 radical (unpaired) electrons. The van der Waals surface area contributed by atoms with Crippen molar-refractivity contribution in [3.63, 3.8) is 0 Å². The van der Waals surface area contributed by atoms with Crippen LogP contribution in [0.4, 0.5) is 0 Å². The lowest BCUT2D eigenvalue weighted by atomic mass is 10.1. The minimum Gasteiger partial charge on any atom is -0.494 e. The van der Waals surface area contributed by atoms with Crippen LogP contribution in [0, 0.1) is 13.8 Å². The molecule has 0 atom stereocenters. The van der Waals surface area contributed by atoms with Crippen molar-refractivity contribution in [3.8, 4) is 5.75 Å². The Balaban J connectivity index is 1.83. The van der Waals surface area contributed by atoms with E-state index in [1.165, 1.54) is 0 Å². The fraction of sp³-hybridized carbons (Fsp3) is 0.417. The van der Waals surface area contributed by atoms with E-state index in [-0.39, 0.29) is 12.3 Å². The number of aromatic amines is 1. The average molecular weight is 459 g/mol. The van der Waals surface area contributed by atoms with E-state index in [1.54, 1.807) is 45.0 Å². The Morgan fingerprint density at radius 2 is 1.70 bits per heavy atom. The van der Waals surface area contributed by atoms with Crippen LogP contribution < -0.4 is 10.1 Å². The zero-order valence-corrected chi connectivity index (χ0v) is 19.4. The van der Waals surface area contributed by atoms with E-state index in [2.05, 4.69) is 17.2 Å². The normalized spacial score (nSPS) is 10.4. The summed E-state index contributed by atoms with van der Waals surface area (Å²) >= 11 is 0. The highest BCUT2D eigenvalue weighted by Gasteiger charge is 2.23. The van der Waals surface area contributed by atoms with Gasteiger partial charge in [0.2, 0.25) is 5.78 Å². The molecule has 0 aliphatic carbocycles. The Morgan fingerprint density at radius 3 is 2.33 bits per heavy atom. The van der Waals surface area contributed by atoms with E-state index in [9.17, 15) is 19.2 Å². The lowest BCUT2D eigenvalue weighted by Gasteiger charge is -2.08. The molecule has 1 aromatic carbocycles. The molecule has 0 aliphatic heterocycles. The molecule has 1 aromatic heterocycles. The van der Waals surface area contributed by atoms with Crippen molar-refractivity contribution in [2.24, 2.45) is 0 Å². The lowest BCUT2D eigenvalue weighted by Crippen LogP contribution is -2.31. The summed E-state index contributed by atoms with van der Waals surface area (Å²) in [5, 5.41) is 2.45. The van der Waals surface area contributed by atoms with Gasteiger partial charge >= 0.3 is 11.9 Å². The van der Waals surface area contributed by atoms with E-state index in [0.717, 1.165) is 12.8 Å². The first-order chi connectivity index (χ1) is 15.8. The SMILES string of the molecule is CCCCOc1ccc(C(=O)NCC(=O)OCC(=O)c2[nH]c(C)c(C(=O)OCC)c2C)cc1. The zero-order chi connectivity index (χ0) is 24.4. The number of ketones is 1. The van der Waals surface area contributed by atoms with Crippen LogP contribution in [0.25, 0.3) is 0 Å². The standard InChI is InChI=1S/C24H30N2O7/c1-5-7-12-32-18-10-8-17(9-11-18)23(29)25-13-20(28)33-14-19(27)22-15(3)21(16(4)26-22)24(30)31-6-2/h8-11,26H,5-7,12-14H2,1-4H3,(H,25,29). The fourth-order valence-corrected chi connectivity index (χ4v) is 3.10. The number of aryl methyl sites for hydroxylation is 1. The number of amides is 1. The van der Waals surface area contributed by atoms with Gasteiger partial charge in [-0.3, -0.25) is 14.4 Å². The minimum atomic E-state index is -0.761. The molecule has 0 saturated heterocycles. The first kappa shape index (κ1) is 25.6. The molecule has 0 bridgehead atoms. The van der Waals surface area contributed by atoms with E-state index in [4.69, 9.17) is 14.2 Å². The van der Waals surface area contributed by atoms with E-state index >= 15 is 0 Å². The van der Waals surface area contributed by atoms with Gasteiger partial charge in [0.15, 0.2) is 6.61 Å². The Morgan fingerprint density at radius 1 is 1.00 bits per heavy atom. The summed E-state index contributed by atoms with van der Waals surface area (Å²) in [4.78, 5) is 51.5. The Hall–Kier alpha value is -3.62. The molecule has 178 valence electrons. The number of hydrogen-bond acceptors (Lipinski definition) is 7. The van der Waals surface area contributed by atoms with Crippen molar-refractivity contribution in [1.29, 1.82) is 0 Å². The average Bonchev–Trinajstić information content (AvgIpc) is 3.10. The number of unbranched alkanes of at least 4 members (excludes halogenated alkanes) is 1. The summed E-state index contributed by atoms with van der Waals surface area (Å²) in [7, 11) is 0. The number of esters is 2. The van der Waals surface area contributed by atoms with Gasteiger partial charge in [0.1, 0.15) is 12.3 Å². The second-order valence-corrected chi connectivity index (χ2v) is 7.34. The second-order valence-electron chi connectivity index (χ2n) is 7.34. The number of hydrogen-bond donors (Lipinski definition) is 2. The molecule has 0 unspecified atom stereocenters. The maximum absolute atomic E-state index is 12.4. The molecule has 2 rings (SSSR count). The number of carbonyl (C=O) groups excluding carboxylic acids is 4. The van der Waals surface area contributed by atoms with Crippen molar-refractivity contribution in [2.75, 3.05) is 26.4 Å². The predicted molar refractivity (Wildman–Crippen MR) is 121 cm³/mol. The highest BCUT2D eigenvalue weighted by Crippen LogP contribution is 2.19. The topological polar surface area (TPSA) is 124 Å². The van der Waals surface area contributed by atoms with Crippen LogP contribution in [0.15, 0.2) is 24.3 Å². The second kappa shape index (κ2) is 12.4. The number of Topliss-reactive ketones (excluding diaryl/α,β-unsaturated/α-hetero) is 1. The highest BCUT2D eigenvalue weighted by atomic mass is 16.5. The Bertz CT molecular complexity index is 993. The van der Waals surface area contributed by atoms with Crippen LogP contribution in [0.5, 0.6) is 5.75 Å². The third-order valence-corrected chi connectivity index (χ3v) is 4.84. The van der Waals surface area contributed by atoms with Gasteiger partial charge in [0.25, 0.3) is 5.91 Å². The van der Waals surface area contributed by atoms with Crippen LogP contribution in [0.2, 0.25) is 0 Å². The molecule has 1 amide bonds. The van der Waals surface area contributed by atoms with Gasteiger partial charge in [-0.1, -0.05) is 13.3 Å². The summed E-state index contributed by atoms with van der Waals surface area (Å²) in [6, 6.07) is 6.57. The van der Waals surface area contributed by atoms with Crippen molar-refractivity contribution in [3.05, 3.63) is 52.3 Å². The van der Waals surface area contributed by atoms with E-state index < -0.39 is 36.8 Å². The number of aromatic nitrogens is 1. The van der Waals surface area contributed by atoms with Crippen molar-refractivity contribution in [2.45, 2.75) is 40.5 Å². The molecule has 33 heavy (non-hydrogen) atoms. The summed E-state index contributed by atoms with van der Waals surface area (Å²) in [5.41, 5.74) is 1.76. The maximum atomic E-state index is 12.4. The van der Waals surface area contributed by atoms with E-state index in [0.29, 0.717) is 34.7 Å². The van der Waals surface area contributed by atoms with Crippen molar-refractivity contribution >= 4 is 23.6 Å². The number of carbonyl (C=O) groups is 4. The fourth-order valence-electron chi connectivity index (χ4n) is 3.10. The summed E-state index contributed by atoms with van der Waals surface area (Å²) < 4.78 is 15.5. The van der Waals surface area contributed by atoms with Crippen molar-refractivity contribution in [1.82, 2.24) is 10.3 Å². The molecular weight excluding hydrogens is 428 g/mol. The molecule has 1 heterocycles. The third kappa shape index (κ3) is 7.20. The predicted octanol–water partition coefficient (Wildman–Crippen LogP) is 3.14. The van der Waals surface area contributed by atoms with Crippen LogP contribution in [0.1, 0.15) is 69.2 Å². The monoisotopic (exact) mass is 458 g/mol. The number of nitrogens with one attached hydrogen (secondary N) is 2. The van der Waals surface area contributed by atoms with Crippen molar-refractivity contribution < 1.29 is 33.4 Å². The molecule has 0 fully saturated rings. The van der Waals surface area contributed by atoms with Gasteiger partial charge in [0, 0.05) is 11.3 Å². The first-order valence-electron chi connectivity index (χ1n) is 10.8.